The minimum absolute atomic E-state index is 0.288. The second-order valence-electron chi connectivity index (χ2n) is 7.86. The molecule has 1 aromatic heterocycles. The molecule has 2 aliphatic heterocycles. The lowest BCUT2D eigenvalue weighted by Crippen LogP contribution is -3.11. The van der Waals surface area contributed by atoms with Crippen molar-refractivity contribution in [2.45, 2.75) is 18.9 Å². The number of quaternary nitrogens is 1. The van der Waals surface area contributed by atoms with Crippen LogP contribution >= 0.6 is 0 Å². The number of amides is 1. The zero-order valence-corrected chi connectivity index (χ0v) is 16.9. The van der Waals surface area contributed by atoms with Gasteiger partial charge in [-0.3, -0.25) is 4.79 Å². The normalized spacial score (nSPS) is 22.5. The number of likely N-dealkylation sites (tertiary alicyclic amines) is 1. The fourth-order valence-corrected chi connectivity index (χ4v) is 4.71. The molecule has 0 aliphatic carbocycles. The molecule has 28 heavy (non-hydrogen) atoms. The van der Waals surface area contributed by atoms with Crippen LogP contribution in [0.15, 0.2) is 42.6 Å². The van der Waals surface area contributed by atoms with Gasteiger partial charge in [0.2, 0.25) is 0 Å². The molecule has 0 saturated carbocycles. The molecule has 0 bridgehead atoms. The first-order valence-corrected chi connectivity index (χ1v) is 10.3. The van der Waals surface area contributed by atoms with Crippen molar-refractivity contribution in [1.29, 1.82) is 0 Å². The number of para-hydroxylation sites is 2. The number of aryl methyl sites for hydroxylation is 1. The zero-order chi connectivity index (χ0) is 19.5. The molecule has 1 unspecified atom stereocenters. The number of rotatable bonds is 5. The lowest BCUT2D eigenvalue weighted by Gasteiger charge is -2.37. The van der Waals surface area contributed by atoms with E-state index in [0.717, 1.165) is 44.2 Å². The lowest BCUT2D eigenvalue weighted by molar-refractivity contribution is -0.911. The summed E-state index contributed by atoms with van der Waals surface area (Å²) in [6.45, 7) is 4.94. The summed E-state index contributed by atoms with van der Waals surface area (Å²) in [6, 6.07) is 12.9. The van der Waals surface area contributed by atoms with Crippen molar-refractivity contribution in [2.24, 2.45) is 7.05 Å². The SMILES string of the molecule is COc1ccccc1N1CCN(C(=O)C[NH+]2CCC[C@@H]2c2cccn2C)CC1. The van der Waals surface area contributed by atoms with Crippen molar-refractivity contribution in [3.63, 3.8) is 0 Å². The summed E-state index contributed by atoms with van der Waals surface area (Å²) >= 11 is 0. The molecule has 2 fully saturated rings. The summed E-state index contributed by atoms with van der Waals surface area (Å²) in [7, 11) is 3.81. The number of benzene rings is 1. The molecule has 2 aliphatic rings. The number of ether oxygens (including phenoxy) is 1. The highest BCUT2D eigenvalue weighted by atomic mass is 16.5. The molecule has 2 atom stereocenters. The van der Waals surface area contributed by atoms with Gasteiger partial charge < -0.3 is 24.0 Å². The number of methoxy groups -OCH3 is 1. The maximum Gasteiger partial charge on any atom is 0.277 e. The smallest absolute Gasteiger partial charge is 0.277 e. The first-order valence-electron chi connectivity index (χ1n) is 10.3. The topological polar surface area (TPSA) is 42.1 Å². The Bertz CT molecular complexity index is 810. The summed E-state index contributed by atoms with van der Waals surface area (Å²) in [5, 5.41) is 0. The number of nitrogens with zero attached hydrogens (tertiary/aromatic N) is 3. The predicted octanol–water partition coefficient (Wildman–Crippen LogP) is 1.10. The summed E-state index contributed by atoms with van der Waals surface area (Å²) < 4.78 is 7.69. The van der Waals surface area contributed by atoms with E-state index in [4.69, 9.17) is 4.74 Å². The highest BCUT2D eigenvalue weighted by molar-refractivity contribution is 5.77. The number of hydrogen-bond donors (Lipinski definition) is 1. The van der Waals surface area contributed by atoms with Gasteiger partial charge >= 0.3 is 0 Å². The minimum atomic E-state index is 0.288. The Morgan fingerprint density at radius 3 is 2.64 bits per heavy atom. The molecular formula is C22H31N4O2+. The Morgan fingerprint density at radius 2 is 1.93 bits per heavy atom. The molecule has 3 heterocycles. The van der Waals surface area contributed by atoms with Gasteiger partial charge in [0.05, 0.1) is 25.0 Å². The number of nitrogens with one attached hydrogen (secondary N) is 1. The highest BCUT2D eigenvalue weighted by Gasteiger charge is 2.34. The Labute approximate surface area is 167 Å². The average Bonchev–Trinajstić information content (AvgIpc) is 3.36. The van der Waals surface area contributed by atoms with E-state index < -0.39 is 0 Å². The van der Waals surface area contributed by atoms with Gasteiger partial charge in [0.25, 0.3) is 5.91 Å². The van der Waals surface area contributed by atoms with Crippen LogP contribution in [-0.4, -0.2) is 61.8 Å². The predicted molar refractivity (Wildman–Crippen MR) is 110 cm³/mol. The van der Waals surface area contributed by atoms with Crippen molar-refractivity contribution in [2.75, 3.05) is 51.3 Å². The van der Waals surface area contributed by atoms with Crippen LogP contribution in [0.25, 0.3) is 0 Å². The molecule has 1 aromatic carbocycles. The number of anilines is 1. The van der Waals surface area contributed by atoms with Gasteiger partial charge in [-0.05, 0) is 24.3 Å². The van der Waals surface area contributed by atoms with Crippen molar-refractivity contribution < 1.29 is 14.4 Å². The van der Waals surface area contributed by atoms with E-state index in [1.165, 1.54) is 23.4 Å². The molecule has 0 spiro atoms. The van der Waals surface area contributed by atoms with E-state index in [0.29, 0.717) is 12.6 Å². The maximum atomic E-state index is 13.0. The van der Waals surface area contributed by atoms with Crippen LogP contribution in [0.5, 0.6) is 5.75 Å². The standard InChI is InChI=1S/C22H30N4O2/c1-23-11-5-8-18(23)19-9-6-12-26(19)17-22(27)25-15-13-24(14-16-25)20-7-3-4-10-21(20)28-2/h3-5,7-8,10-11,19H,6,9,12-17H2,1-2H3/p+1/t19-/m1/s1. The lowest BCUT2D eigenvalue weighted by atomic mass is 10.1. The third kappa shape index (κ3) is 3.74. The van der Waals surface area contributed by atoms with Gasteiger partial charge in [-0.2, -0.15) is 0 Å². The van der Waals surface area contributed by atoms with Crippen LogP contribution in [0, 0.1) is 0 Å². The van der Waals surface area contributed by atoms with E-state index in [1.807, 2.05) is 23.1 Å². The van der Waals surface area contributed by atoms with Crippen LogP contribution in [-0.2, 0) is 11.8 Å². The summed E-state index contributed by atoms with van der Waals surface area (Å²) in [4.78, 5) is 18.7. The van der Waals surface area contributed by atoms with E-state index in [9.17, 15) is 4.79 Å². The van der Waals surface area contributed by atoms with Gasteiger partial charge in [0.1, 0.15) is 11.8 Å². The molecule has 2 saturated heterocycles. The number of carbonyl (C=O) groups excluding carboxylic acids is 1. The van der Waals surface area contributed by atoms with Crippen molar-refractivity contribution in [3.05, 3.63) is 48.3 Å². The maximum absolute atomic E-state index is 13.0. The number of aromatic nitrogens is 1. The van der Waals surface area contributed by atoms with E-state index >= 15 is 0 Å². The van der Waals surface area contributed by atoms with Gasteiger partial charge in [-0.1, -0.05) is 12.1 Å². The Kier molecular flexibility index (Phi) is 5.57. The zero-order valence-electron chi connectivity index (χ0n) is 16.9. The summed E-state index contributed by atoms with van der Waals surface area (Å²) in [5.41, 5.74) is 2.47. The molecule has 1 amide bonds. The molecule has 4 rings (SSSR count). The summed E-state index contributed by atoms with van der Waals surface area (Å²) in [6.07, 6.45) is 4.46. The molecule has 6 heteroatoms. The van der Waals surface area contributed by atoms with Crippen molar-refractivity contribution >= 4 is 11.6 Å². The van der Waals surface area contributed by atoms with E-state index in [1.54, 1.807) is 7.11 Å². The molecule has 6 nitrogen and oxygen atoms in total. The molecule has 1 N–H and O–H groups in total. The van der Waals surface area contributed by atoms with Crippen molar-refractivity contribution in [3.8, 4) is 5.75 Å². The van der Waals surface area contributed by atoms with Crippen LogP contribution in [0.2, 0.25) is 0 Å². The molecule has 2 aromatic rings. The van der Waals surface area contributed by atoms with Crippen LogP contribution in [0.4, 0.5) is 5.69 Å². The van der Waals surface area contributed by atoms with Gasteiger partial charge in [0, 0.05) is 52.3 Å². The molecule has 150 valence electrons. The Hall–Kier alpha value is -2.47. The third-order valence-corrected chi connectivity index (χ3v) is 6.26. The Morgan fingerprint density at radius 1 is 1.14 bits per heavy atom. The van der Waals surface area contributed by atoms with Crippen LogP contribution < -0.4 is 14.5 Å². The largest absolute Gasteiger partial charge is 0.495 e. The van der Waals surface area contributed by atoms with Crippen LogP contribution in [0.3, 0.4) is 0 Å². The van der Waals surface area contributed by atoms with Gasteiger partial charge in [0.15, 0.2) is 6.54 Å². The third-order valence-electron chi connectivity index (χ3n) is 6.26. The molecular weight excluding hydrogens is 352 g/mol. The van der Waals surface area contributed by atoms with E-state index in [-0.39, 0.29) is 5.91 Å². The first kappa shape index (κ1) is 18.9. The molecule has 0 radical (unpaired) electrons. The monoisotopic (exact) mass is 383 g/mol. The number of carbonyl (C=O) groups is 1. The second kappa shape index (κ2) is 8.27. The van der Waals surface area contributed by atoms with E-state index in [2.05, 4.69) is 40.9 Å². The number of piperazine rings is 1. The Balaban J connectivity index is 1.35. The first-order chi connectivity index (χ1) is 13.7. The van der Waals surface area contributed by atoms with Gasteiger partial charge in [-0.15, -0.1) is 0 Å². The highest BCUT2D eigenvalue weighted by Crippen LogP contribution is 2.28. The fraction of sp³-hybridized carbons (Fsp3) is 0.500. The summed E-state index contributed by atoms with van der Waals surface area (Å²) in [5.74, 6) is 1.19. The minimum Gasteiger partial charge on any atom is -0.495 e. The number of hydrogen-bond acceptors (Lipinski definition) is 3. The van der Waals surface area contributed by atoms with Crippen LogP contribution in [0.1, 0.15) is 24.6 Å². The fourth-order valence-electron chi connectivity index (χ4n) is 4.71. The van der Waals surface area contributed by atoms with Gasteiger partial charge in [-0.25, -0.2) is 0 Å². The quantitative estimate of drug-likeness (QED) is 0.841. The second-order valence-corrected chi connectivity index (χ2v) is 7.86. The van der Waals surface area contributed by atoms with Crippen molar-refractivity contribution in [1.82, 2.24) is 9.47 Å². The average molecular weight is 384 g/mol.